The van der Waals surface area contributed by atoms with Gasteiger partial charge in [-0.1, -0.05) is 32.0 Å². The van der Waals surface area contributed by atoms with Crippen LogP contribution < -0.4 is 5.11 Å². The monoisotopic (exact) mass is 292 g/mol. The first kappa shape index (κ1) is 14.9. The number of rotatable bonds is 4. The van der Waals surface area contributed by atoms with Gasteiger partial charge in [-0.25, -0.2) is 0 Å². The lowest BCUT2D eigenvalue weighted by atomic mass is 10.1. The molecule has 1 heterocycles. The van der Waals surface area contributed by atoms with E-state index >= 15 is 0 Å². The molecule has 0 unspecified atom stereocenters. The Labute approximate surface area is 123 Å². The topological polar surface area (TPSA) is 60.4 Å². The molecular formula is C15H18NO3S-. The number of hydrogen-bond acceptors (Lipinski definition) is 4. The van der Waals surface area contributed by atoms with E-state index in [-0.39, 0.29) is 11.3 Å². The number of benzene rings is 1. The van der Waals surface area contributed by atoms with Crippen LogP contribution >= 0.6 is 11.8 Å². The van der Waals surface area contributed by atoms with Gasteiger partial charge in [0.1, 0.15) is 0 Å². The molecule has 1 aromatic rings. The molecule has 0 saturated carbocycles. The fourth-order valence-electron chi connectivity index (χ4n) is 2.33. The van der Waals surface area contributed by atoms with Crippen molar-refractivity contribution < 1.29 is 14.7 Å². The van der Waals surface area contributed by atoms with E-state index in [1.165, 1.54) is 16.7 Å². The minimum absolute atomic E-state index is 0.0920. The largest absolute Gasteiger partial charge is 0.548 e. The minimum Gasteiger partial charge on any atom is -0.548 e. The molecule has 5 heteroatoms. The van der Waals surface area contributed by atoms with Crippen LogP contribution in [0.3, 0.4) is 0 Å². The number of carboxylic acid groups (broad SMARTS) is 1. The van der Waals surface area contributed by atoms with Crippen molar-refractivity contribution in [1.29, 1.82) is 0 Å². The van der Waals surface area contributed by atoms with Gasteiger partial charge in [0.05, 0.1) is 17.4 Å². The summed E-state index contributed by atoms with van der Waals surface area (Å²) >= 11 is 1.52. The number of carboxylic acids is 1. The van der Waals surface area contributed by atoms with Gasteiger partial charge < -0.3 is 14.8 Å². The van der Waals surface area contributed by atoms with Gasteiger partial charge in [-0.05, 0) is 24.5 Å². The van der Waals surface area contributed by atoms with E-state index in [0.717, 1.165) is 6.42 Å². The van der Waals surface area contributed by atoms with Gasteiger partial charge in [0.15, 0.2) is 0 Å². The standard InChI is InChI=1S/C15H19NO3S/c1-10(2)8-13-16(12(9-20-13)15(18)19)14(17)11-6-4-3-5-7-11/h3-7,10,12-13H,8-9H2,1-2H3,(H,18,19)/p-1/t12-,13+/m1/s1. The SMILES string of the molecule is CC(C)C[C@@H]1SC[C@H](C(=O)[O-])N1C(=O)c1ccccc1. The summed E-state index contributed by atoms with van der Waals surface area (Å²) in [6.45, 7) is 4.14. The fourth-order valence-corrected chi connectivity index (χ4v) is 3.96. The van der Waals surface area contributed by atoms with Crippen molar-refractivity contribution in [3.8, 4) is 0 Å². The zero-order valence-electron chi connectivity index (χ0n) is 11.6. The quantitative estimate of drug-likeness (QED) is 0.841. The molecule has 4 nitrogen and oxygen atoms in total. The average molecular weight is 292 g/mol. The molecule has 0 aromatic heterocycles. The maximum Gasteiger partial charge on any atom is 0.255 e. The van der Waals surface area contributed by atoms with Crippen molar-refractivity contribution >= 4 is 23.6 Å². The Morgan fingerprint density at radius 1 is 1.35 bits per heavy atom. The highest BCUT2D eigenvalue weighted by Crippen LogP contribution is 2.34. The van der Waals surface area contributed by atoms with E-state index < -0.39 is 12.0 Å². The van der Waals surface area contributed by atoms with Crippen LogP contribution in [0.5, 0.6) is 0 Å². The molecule has 0 aliphatic carbocycles. The lowest BCUT2D eigenvalue weighted by molar-refractivity contribution is -0.310. The fraction of sp³-hybridized carbons (Fsp3) is 0.467. The van der Waals surface area contributed by atoms with Gasteiger partial charge >= 0.3 is 0 Å². The van der Waals surface area contributed by atoms with E-state index in [4.69, 9.17) is 0 Å². The number of amides is 1. The smallest absolute Gasteiger partial charge is 0.255 e. The third-order valence-corrected chi connectivity index (χ3v) is 4.61. The third-order valence-electron chi connectivity index (χ3n) is 3.29. The Balaban J connectivity index is 2.26. The van der Waals surface area contributed by atoms with Gasteiger partial charge in [-0.3, -0.25) is 4.79 Å². The molecule has 0 spiro atoms. The second kappa shape index (κ2) is 6.31. The van der Waals surface area contributed by atoms with Crippen molar-refractivity contribution in [3.63, 3.8) is 0 Å². The Kier molecular flexibility index (Phi) is 4.70. The number of carbonyl (C=O) groups excluding carboxylic acids is 2. The second-order valence-corrected chi connectivity index (χ2v) is 6.54. The molecular weight excluding hydrogens is 274 g/mol. The van der Waals surface area contributed by atoms with Crippen LogP contribution in [-0.2, 0) is 4.79 Å². The molecule has 1 aliphatic rings. The van der Waals surface area contributed by atoms with Crippen molar-refractivity contribution in [2.45, 2.75) is 31.7 Å². The first-order valence-corrected chi connectivity index (χ1v) is 7.75. The Morgan fingerprint density at radius 2 is 2.00 bits per heavy atom. The summed E-state index contributed by atoms with van der Waals surface area (Å²) in [6, 6.07) is 7.98. The van der Waals surface area contributed by atoms with E-state index in [1.807, 2.05) is 6.07 Å². The molecule has 2 rings (SSSR count). The van der Waals surface area contributed by atoms with Crippen molar-refractivity contribution in [2.24, 2.45) is 5.92 Å². The number of carbonyl (C=O) groups is 2. The Hall–Kier alpha value is -1.49. The number of aliphatic carboxylic acids is 1. The van der Waals surface area contributed by atoms with E-state index in [0.29, 0.717) is 17.2 Å². The zero-order chi connectivity index (χ0) is 14.7. The highest BCUT2D eigenvalue weighted by atomic mass is 32.2. The van der Waals surface area contributed by atoms with Crippen molar-refractivity contribution in [1.82, 2.24) is 4.90 Å². The second-order valence-electron chi connectivity index (χ2n) is 5.33. The summed E-state index contributed by atoms with van der Waals surface area (Å²) in [6.07, 6.45) is 0.785. The predicted molar refractivity (Wildman–Crippen MR) is 77.1 cm³/mol. The highest BCUT2D eigenvalue weighted by molar-refractivity contribution is 8.00. The minimum atomic E-state index is -1.17. The highest BCUT2D eigenvalue weighted by Gasteiger charge is 2.38. The van der Waals surface area contributed by atoms with Crippen LogP contribution in [0.4, 0.5) is 0 Å². The molecule has 20 heavy (non-hydrogen) atoms. The predicted octanol–water partition coefficient (Wildman–Crippen LogP) is 1.37. The van der Waals surface area contributed by atoms with Crippen LogP contribution in [0.15, 0.2) is 30.3 Å². The van der Waals surface area contributed by atoms with Crippen LogP contribution in [0, 0.1) is 5.92 Å². The molecule has 1 amide bonds. The Bertz CT molecular complexity index is 489. The molecule has 1 fully saturated rings. The summed E-state index contributed by atoms with van der Waals surface area (Å²) < 4.78 is 0. The third kappa shape index (κ3) is 3.15. The number of thioether (sulfide) groups is 1. The van der Waals surface area contributed by atoms with Gasteiger partial charge in [-0.15, -0.1) is 11.8 Å². The van der Waals surface area contributed by atoms with Crippen LogP contribution in [0.1, 0.15) is 30.6 Å². The van der Waals surface area contributed by atoms with E-state index in [2.05, 4.69) is 13.8 Å². The van der Waals surface area contributed by atoms with E-state index in [9.17, 15) is 14.7 Å². The van der Waals surface area contributed by atoms with Crippen LogP contribution in [0.25, 0.3) is 0 Å². The van der Waals surface area contributed by atoms with Crippen molar-refractivity contribution in [2.75, 3.05) is 5.75 Å². The molecule has 108 valence electrons. The van der Waals surface area contributed by atoms with Gasteiger partial charge in [0.2, 0.25) is 0 Å². The van der Waals surface area contributed by atoms with Gasteiger partial charge in [-0.2, -0.15) is 0 Å². The summed E-state index contributed by atoms with van der Waals surface area (Å²) in [7, 11) is 0. The molecule has 1 saturated heterocycles. The molecule has 1 aromatic carbocycles. The molecule has 2 atom stereocenters. The number of nitrogens with zero attached hydrogens (tertiary/aromatic N) is 1. The van der Waals surface area contributed by atoms with Gasteiger partial charge in [0, 0.05) is 11.3 Å². The maximum absolute atomic E-state index is 12.6. The summed E-state index contributed by atoms with van der Waals surface area (Å²) in [5.41, 5.74) is 0.523. The van der Waals surface area contributed by atoms with Crippen LogP contribution in [0.2, 0.25) is 0 Å². The van der Waals surface area contributed by atoms with Crippen molar-refractivity contribution in [3.05, 3.63) is 35.9 Å². The van der Waals surface area contributed by atoms with Gasteiger partial charge in [0.25, 0.3) is 5.91 Å². The molecule has 0 radical (unpaired) electrons. The summed E-state index contributed by atoms with van der Waals surface area (Å²) in [5, 5.41) is 11.2. The lowest BCUT2D eigenvalue weighted by Gasteiger charge is -2.30. The normalized spacial score (nSPS) is 22.2. The maximum atomic E-state index is 12.6. The first-order chi connectivity index (χ1) is 9.50. The molecule has 0 N–H and O–H groups in total. The molecule has 0 bridgehead atoms. The summed E-state index contributed by atoms with van der Waals surface area (Å²) in [5.74, 6) is -0.597. The molecule has 1 aliphatic heterocycles. The zero-order valence-corrected chi connectivity index (χ0v) is 12.4. The average Bonchev–Trinajstić information content (AvgIpc) is 2.82. The summed E-state index contributed by atoms with van der Waals surface area (Å²) in [4.78, 5) is 25.3. The lowest BCUT2D eigenvalue weighted by Crippen LogP contribution is -2.51. The Morgan fingerprint density at radius 3 is 2.55 bits per heavy atom. The van der Waals surface area contributed by atoms with E-state index in [1.54, 1.807) is 24.3 Å². The number of hydrogen-bond donors (Lipinski definition) is 0. The first-order valence-electron chi connectivity index (χ1n) is 6.71. The van der Waals surface area contributed by atoms with Crippen LogP contribution in [-0.4, -0.2) is 33.9 Å².